The minimum absolute atomic E-state index is 0.380. The SMILES string of the molecule is COC(=O)c1ccc(-c2nnn(-c3ccc(N(C)C)cc3N(C)C)n2)cc1. The van der Waals surface area contributed by atoms with Crippen LogP contribution in [-0.4, -0.2) is 61.5 Å². The van der Waals surface area contributed by atoms with Gasteiger partial charge in [-0.2, -0.15) is 0 Å². The molecule has 0 saturated heterocycles. The number of methoxy groups -OCH3 is 1. The number of nitrogens with zero attached hydrogens (tertiary/aromatic N) is 6. The van der Waals surface area contributed by atoms with E-state index in [0.29, 0.717) is 11.4 Å². The second-order valence-electron chi connectivity index (χ2n) is 6.43. The van der Waals surface area contributed by atoms with E-state index in [2.05, 4.69) is 21.5 Å². The van der Waals surface area contributed by atoms with Gasteiger partial charge in [0, 0.05) is 39.4 Å². The summed E-state index contributed by atoms with van der Waals surface area (Å²) in [5.41, 5.74) is 4.14. The van der Waals surface area contributed by atoms with Crippen LogP contribution < -0.4 is 9.80 Å². The Balaban J connectivity index is 1.95. The quantitative estimate of drug-likeness (QED) is 0.641. The summed E-state index contributed by atoms with van der Waals surface area (Å²) in [5.74, 6) is 0.0996. The molecule has 0 amide bonds. The molecule has 0 spiro atoms. The van der Waals surface area contributed by atoms with E-state index in [1.165, 1.54) is 11.9 Å². The molecule has 0 atom stereocenters. The van der Waals surface area contributed by atoms with Gasteiger partial charge in [-0.1, -0.05) is 12.1 Å². The molecule has 3 aromatic rings. The highest BCUT2D eigenvalue weighted by Crippen LogP contribution is 2.27. The van der Waals surface area contributed by atoms with E-state index in [1.54, 1.807) is 24.3 Å². The van der Waals surface area contributed by atoms with Crippen LogP contribution in [0.4, 0.5) is 11.4 Å². The van der Waals surface area contributed by atoms with E-state index >= 15 is 0 Å². The molecule has 1 heterocycles. The van der Waals surface area contributed by atoms with Gasteiger partial charge in [-0.3, -0.25) is 0 Å². The minimum atomic E-state index is -0.380. The average molecular weight is 366 g/mol. The Morgan fingerprint density at radius 1 is 1.00 bits per heavy atom. The van der Waals surface area contributed by atoms with Crippen LogP contribution in [0.5, 0.6) is 0 Å². The lowest BCUT2D eigenvalue weighted by molar-refractivity contribution is 0.0601. The van der Waals surface area contributed by atoms with Gasteiger partial charge in [0.15, 0.2) is 0 Å². The Hall–Kier alpha value is -3.42. The van der Waals surface area contributed by atoms with E-state index in [1.807, 2.05) is 50.1 Å². The Kier molecular flexibility index (Phi) is 5.07. The molecule has 0 unspecified atom stereocenters. The predicted octanol–water partition coefficient (Wildman–Crippen LogP) is 2.25. The summed E-state index contributed by atoms with van der Waals surface area (Å²) < 4.78 is 4.71. The van der Waals surface area contributed by atoms with Crippen molar-refractivity contribution >= 4 is 17.3 Å². The molecule has 2 aromatic carbocycles. The number of hydrogen-bond donors (Lipinski definition) is 0. The van der Waals surface area contributed by atoms with Crippen LogP contribution >= 0.6 is 0 Å². The predicted molar refractivity (Wildman–Crippen MR) is 105 cm³/mol. The smallest absolute Gasteiger partial charge is 0.337 e. The first kappa shape index (κ1) is 18.4. The first-order valence-electron chi connectivity index (χ1n) is 8.38. The fourth-order valence-electron chi connectivity index (χ4n) is 2.62. The number of carbonyl (C=O) groups excluding carboxylic acids is 1. The number of tetrazole rings is 1. The second kappa shape index (κ2) is 7.45. The first-order valence-corrected chi connectivity index (χ1v) is 8.38. The highest BCUT2D eigenvalue weighted by atomic mass is 16.5. The number of hydrogen-bond acceptors (Lipinski definition) is 7. The summed E-state index contributed by atoms with van der Waals surface area (Å²) in [7, 11) is 9.30. The monoisotopic (exact) mass is 366 g/mol. The largest absolute Gasteiger partial charge is 0.465 e. The molecule has 8 nitrogen and oxygen atoms in total. The summed E-state index contributed by atoms with van der Waals surface area (Å²) >= 11 is 0. The summed E-state index contributed by atoms with van der Waals surface area (Å²) in [6, 6.07) is 13.0. The number of benzene rings is 2. The zero-order valence-electron chi connectivity index (χ0n) is 16.0. The highest BCUT2D eigenvalue weighted by molar-refractivity contribution is 5.89. The van der Waals surface area contributed by atoms with Crippen molar-refractivity contribution in [2.75, 3.05) is 45.1 Å². The van der Waals surface area contributed by atoms with E-state index < -0.39 is 0 Å². The lowest BCUT2D eigenvalue weighted by atomic mass is 10.1. The molecule has 3 rings (SSSR count). The minimum Gasteiger partial charge on any atom is -0.465 e. The van der Waals surface area contributed by atoms with Crippen LogP contribution in [0.3, 0.4) is 0 Å². The maximum absolute atomic E-state index is 11.5. The molecule has 0 radical (unpaired) electrons. The first-order chi connectivity index (χ1) is 12.9. The maximum atomic E-state index is 11.5. The lowest BCUT2D eigenvalue weighted by Gasteiger charge is -2.20. The topological polar surface area (TPSA) is 76.4 Å². The van der Waals surface area contributed by atoms with Crippen LogP contribution in [0, 0.1) is 0 Å². The van der Waals surface area contributed by atoms with Gasteiger partial charge in [0.2, 0.25) is 5.82 Å². The van der Waals surface area contributed by atoms with Crippen molar-refractivity contribution in [3.05, 3.63) is 48.0 Å². The van der Waals surface area contributed by atoms with Gasteiger partial charge in [0.05, 0.1) is 18.4 Å². The summed E-state index contributed by atoms with van der Waals surface area (Å²) in [4.78, 5) is 17.1. The molecule has 1 aromatic heterocycles. The number of carbonyl (C=O) groups is 1. The van der Waals surface area contributed by atoms with Gasteiger partial charge in [-0.25, -0.2) is 4.79 Å². The third-order valence-electron chi connectivity index (χ3n) is 4.15. The summed E-state index contributed by atoms with van der Waals surface area (Å²) in [6.45, 7) is 0. The molecule has 0 aliphatic rings. The number of ether oxygens (including phenoxy) is 1. The van der Waals surface area contributed by atoms with Crippen LogP contribution in [0.2, 0.25) is 0 Å². The van der Waals surface area contributed by atoms with Gasteiger partial charge < -0.3 is 14.5 Å². The maximum Gasteiger partial charge on any atom is 0.337 e. The van der Waals surface area contributed by atoms with Crippen LogP contribution in [0.1, 0.15) is 10.4 Å². The third kappa shape index (κ3) is 3.74. The second-order valence-corrected chi connectivity index (χ2v) is 6.43. The highest BCUT2D eigenvalue weighted by Gasteiger charge is 2.14. The van der Waals surface area contributed by atoms with Crippen molar-refractivity contribution in [1.29, 1.82) is 0 Å². The van der Waals surface area contributed by atoms with Gasteiger partial charge in [-0.15, -0.1) is 15.0 Å². The van der Waals surface area contributed by atoms with Crippen LogP contribution in [0.15, 0.2) is 42.5 Å². The molecule has 0 bridgehead atoms. The Morgan fingerprint density at radius 3 is 2.30 bits per heavy atom. The lowest BCUT2D eigenvalue weighted by Crippen LogP contribution is -2.16. The van der Waals surface area contributed by atoms with Crippen molar-refractivity contribution in [2.24, 2.45) is 0 Å². The van der Waals surface area contributed by atoms with Crippen molar-refractivity contribution < 1.29 is 9.53 Å². The van der Waals surface area contributed by atoms with Crippen molar-refractivity contribution in [1.82, 2.24) is 20.2 Å². The molecule has 140 valence electrons. The van der Waals surface area contributed by atoms with Crippen molar-refractivity contribution in [3.8, 4) is 17.1 Å². The standard InChI is InChI=1S/C19H22N6O2/c1-23(2)15-10-11-16(17(12-15)24(3)4)25-21-18(20-22-25)13-6-8-14(9-7-13)19(26)27-5/h6-12H,1-5H3. The number of aromatic nitrogens is 4. The number of anilines is 2. The van der Waals surface area contributed by atoms with E-state index in [-0.39, 0.29) is 5.97 Å². The Labute approximate surface area is 158 Å². The molecular formula is C19H22N6O2. The molecule has 0 saturated carbocycles. The van der Waals surface area contributed by atoms with E-state index in [9.17, 15) is 4.79 Å². The fourth-order valence-corrected chi connectivity index (χ4v) is 2.62. The summed E-state index contributed by atoms with van der Waals surface area (Å²) in [6.07, 6.45) is 0. The Morgan fingerprint density at radius 2 is 1.70 bits per heavy atom. The van der Waals surface area contributed by atoms with Crippen LogP contribution in [-0.2, 0) is 4.74 Å². The number of esters is 1. The third-order valence-corrected chi connectivity index (χ3v) is 4.15. The Bertz CT molecular complexity index is 947. The molecule has 27 heavy (non-hydrogen) atoms. The van der Waals surface area contributed by atoms with E-state index in [4.69, 9.17) is 4.74 Å². The van der Waals surface area contributed by atoms with Crippen molar-refractivity contribution in [2.45, 2.75) is 0 Å². The van der Waals surface area contributed by atoms with Crippen LogP contribution in [0.25, 0.3) is 17.1 Å². The van der Waals surface area contributed by atoms with Gasteiger partial charge in [0.1, 0.15) is 5.69 Å². The zero-order valence-corrected chi connectivity index (χ0v) is 16.0. The van der Waals surface area contributed by atoms with Crippen molar-refractivity contribution in [3.63, 3.8) is 0 Å². The fraction of sp³-hybridized carbons (Fsp3) is 0.263. The molecular weight excluding hydrogens is 344 g/mol. The summed E-state index contributed by atoms with van der Waals surface area (Å²) in [5, 5.41) is 12.9. The molecule has 8 heteroatoms. The molecule has 0 fully saturated rings. The van der Waals surface area contributed by atoms with E-state index in [0.717, 1.165) is 22.6 Å². The van der Waals surface area contributed by atoms with Gasteiger partial charge in [0.25, 0.3) is 0 Å². The van der Waals surface area contributed by atoms with Gasteiger partial charge >= 0.3 is 5.97 Å². The van der Waals surface area contributed by atoms with Gasteiger partial charge in [-0.05, 0) is 35.5 Å². The zero-order chi connectivity index (χ0) is 19.6. The number of rotatable bonds is 5. The molecule has 0 N–H and O–H groups in total. The molecule has 0 aliphatic heterocycles. The molecule has 0 aliphatic carbocycles. The normalized spacial score (nSPS) is 10.6. The average Bonchev–Trinajstić information content (AvgIpc) is 3.16.